The number of fused-ring (bicyclic) bond motifs is 2. The highest BCUT2D eigenvalue weighted by Gasteiger charge is 2.27. The Morgan fingerprint density at radius 3 is 2.81 bits per heavy atom. The van der Waals surface area contributed by atoms with Crippen molar-refractivity contribution in [1.29, 1.82) is 0 Å². The summed E-state index contributed by atoms with van der Waals surface area (Å²) in [5.41, 5.74) is 12.4. The Kier molecular flexibility index (Phi) is 3.17. The van der Waals surface area contributed by atoms with Crippen molar-refractivity contribution < 1.29 is 4.74 Å². The van der Waals surface area contributed by atoms with Crippen molar-refractivity contribution in [2.75, 3.05) is 18.9 Å². The van der Waals surface area contributed by atoms with Crippen LogP contribution in [0.2, 0.25) is 0 Å². The first-order valence-corrected chi connectivity index (χ1v) is 7.59. The zero-order chi connectivity index (χ0) is 14.2. The van der Waals surface area contributed by atoms with E-state index < -0.39 is 0 Å². The van der Waals surface area contributed by atoms with Gasteiger partial charge in [-0.1, -0.05) is 36.4 Å². The van der Waals surface area contributed by atoms with Gasteiger partial charge in [-0.15, -0.1) is 0 Å². The van der Waals surface area contributed by atoms with Crippen molar-refractivity contribution >= 4 is 5.69 Å². The molecule has 2 aromatic rings. The van der Waals surface area contributed by atoms with Crippen molar-refractivity contribution in [3.8, 4) is 0 Å². The molecule has 0 aliphatic carbocycles. The molecule has 2 aliphatic rings. The topological polar surface area (TPSA) is 38.5 Å². The van der Waals surface area contributed by atoms with Crippen LogP contribution in [0, 0.1) is 0 Å². The molecule has 0 radical (unpaired) electrons. The molecule has 0 fully saturated rings. The third-order valence-corrected chi connectivity index (χ3v) is 4.60. The van der Waals surface area contributed by atoms with Gasteiger partial charge in [0.15, 0.2) is 0 Å². The first kappa shape index (κ1) is 12.9. The molecule has 3 nitrogen and oxygen atoms in total. The minimum atomic E-state index is 0.186. The second-order valence-corrected chi connectivity index (χ2v) is 5.96. The number of hydrogen-bond donors (Lipinski definition) is 1. The fourth-order valence-corrected chi connectivity index (χ4v) is 3.51. The van der Waals surface area contributed by atoms with E-state index >= 15 is 0 Å². The molecule has 108 valence electrons. The van der Waals surface area contributed by atoms with Gasteiger partial charge in [0, 0.05) is 25.3 Å². The third-order valence-electron chi connectivity index (χ3n) is 4.60. The average molecular weight is 280 g/mol. The van der Waals surface area contributed by atoms with E-state index in [2.05, 4.69) is 35.2 Å². The molecular weight excluding hydrogens is 260 g/mol. The molecule has 4 rings (SSSR count). The summed E-state index contributed by atoms with van der Waals surface area (Å²) < 4.78 is 6.02. The highest BCUT2D eigenvalue weighted by atomic mass is 16.5. The van der Waals surface area contributed by atoms with Gasteiger partial charge in [0.05, 0.1) is 12.7 Å². The Balaban J connectivity index is 1.53. The van der Waals surface area contributed by atoms with Crippen LogP contribution in [0.15, 0.2) is 42.5 Å². The van der Waals surface area contributed by atoms with Crippen molar-refractivity contribution in [1.82, 2.24) is 4.90 Å². The number of nitrogens with zero attached hydrogens (tertiary/aromatic N) is 1. The van der Waals surface area contributed by atoms with Crippen LogP contribution >= 0.6 is 0 Å². The molecular formula is C18H20N2O. The van der Waals surface area contributed by atoms with Crippen molar-refractivity contribution in [3.63, 3.8) is 0 Å². The van der Waals surface area contributed by atoms with E-state index in [1.54, 1.807) is 0 Å². The number of hydrogen-bond acceptors (Lipinski definition) is 3. The van der Waals surface area contributed by atoms with Crippen LogP contribution in [0.25, 0.3) is 0 Å². The zero-order valence-electron chi connectivity index (χ0n) is 12.1. The SMILES string of the molecule is Nc1cccc2c1CN(CC1OCCc3ccccc31)C2. The van der Waals surface area contributed by atoms with Crippen LogP contribution in [0.1, 0.15) is 28.4 Å². The molecule has 2 heterocycles. The minimum absolute atomic E-state index is 0.186. The maximum absolute atomic E-state index is 6.09. The fraction of sp³-hybridized carbons (Fsp3) is 0.333. The Labute approximate surface area is 125 Å². The summed E-state index contributed by atoms with van der Waals surface area (Å²) in [7, 11) is 0. The number of nitrogens with two attached hydrogens (primary N) is 1. The van der Waals surface area contributed by atoms with Crippen molar-refractivity contribution in [2.24, 2.45) is 0 Å². The van der Waals surface area contributed by atoms with Crippen LogP contribution in [-0.4, -0.2) is 18.1 Å². The monoisotopic (exact) mass is 280 g/mol. The molecule has 1 unspecified atom stereocenters. The summed E-state index contributed by atoms with van der Waals surface area (Å²) in [6.07, 6.45) is 1.21. The quantitative estimate of drug-likeness (QED) is 0.860. The van der Waals surface area contributed by atoms with Gasteiger partial charge in [-0.3, -0.25) is 4.90 Å². The average Bonchev–Trinajstić information content (AvgIpc) is 2.92. The molecule has 0 bridgehead atoms. The van der Waals surface area contributed by atoms with Crippen molar-refractivity contribution in [2.45, 2.75) is 25.6 Å². The van der Waals surface area contributed by atoms with Gasteiger partial charge in [-0.25, -0.2) is 0 Å². The minimum Gasteiger partial charge on any atom is -0.398 e. The van der Waals surface area contributed by atoms with Crippen LogP contribution in [0.4, 0.5) is 5.69 Å². The predicted molar refractivity (Wildman–Crippen MR) is 83.8 cm³/mol. The maximum Gasteiger partial charge on any atom is 0.0954 e. The van der Waals surface area contributed by atoms with E-state index in [1.807, 2.05) is 12.1 Å². The van der Waals surface area contributed by atoms with Crippen LogP contribution < -0.4 is 5.73 Å². The number of nitrogen functional groups attached to an aromatic ring is 1. The lowest BCUT2D eigenvalue weighted by Gasteiger charge is -2.29. The van der Waals surface area contributed by atoms with E-state index in [1.165, 1.54) is 22.3 Å². The second-order valence-electron chi connectivity index (χ2n) is 5.96. The summed E-state index contributed by atoms with van der Waals surface area (Å²) in [5.74, 6) is 0. The second kappa shape index (κ2) is 5.17. The largest absolute Gasteiger partial charge is 0.398 e. The van der Waals surface area contributed by atoms with Gasteiger partial charge < -0.3 is 10.5 Å². The summed E-state index contributed by atoms with van der Waals surface area (Å²) in [6.45, 7) is 3.67. The molecule has 0 amide bonds. The number of anilines is 1. The lowest BCUT2D eigenvalue weighted by molar-refractivity contribution is 0.0150. The smallest absolute Gasteiger partial charge is 0.0954 e. The molecule has 0 aromatic heterocycles. The Bertz CT molecular complexity index is 668. The number of ether oxygens (including phenoxy) is 1. The standard InChI is InChI=1S/C18H20N2O/c19-17-7-3-5-14-10-20(11-16(14)17)12-18-15-6-2-1-4-13(15)8-9-21-18/h1-7,18H,8-12,19H2. The Morgan fingerprint density at radius 1 is 1.05 bits per heavy atom. The third kappa shape index (κ3) is 2.33. The first-order chi connectivity index (χ1) is 10.3. The molecule has 0 saturated carbocycles. The van der Waals surface area contributed by atoms with Gasteiger partial charge in [0.2, 0.25) is 0 Å². The molecule has 0 saturated heterocycles. The predicted octanol–water partition coefficient (Wildman–Crippen LogP) is 2.90. The number of rotatable bonds is 2. The molecule has 2 aliphatic heterocycles. The molecule has 0 spiro atoms. The first-order valence-electron chi connectivity index (χ1n) is 7.59. The van der Waals surface area contributed by atoms with E-state index in [-0.39, 0.29) is 6.10 Å². The Hall–Kier alpha value is -1.84. The lowest BCUT2D eigenvalue weighted by atomic mass is 9.97. The van der Waals surface area contributed by atoms with Gasteiger partial charge >= 0.3 is 0 Å². The summed E-state index contributed by atoms with van der Waals surface area (Å²) >= 11 is 0. The Morgan fingerprint density at radius 2 is 1.90 bits per heavy atom. The van der Waals surface area contributed by atoms with Crippen LogP contribution in [0.5, 0.6) is 0 Å². The van der Waals surface area contributed by atoms with Gasteiger partial charge in [0.25, 0.3) is 0 Å². The van der Waals surface area contributed by atoms with Gasteiger partial charge in [0.1, 0.15) is 0 Å². The summed E-state index contributed by atoms with van der Waals surface area (Å²) in [4.78, 5) is 2.44. The van der Waals surface area contributed by atoms with E-state index in [9.17, 15) is 0 Å². The number of benzene rings is 2. The van der Waals surface area contributed by atoms with E-state index in [4.69, 9.17) is 10.5 Å². The summed E-state index contributed by atoms with van der Waals surface area (Å²) in [6, 6.07) is 14.9. The van der Waals surface area contributed by atoms with Gasteiger partial charge in [-0.05, 0) is 34.7 Å². The molecule has 2 N–H and O–H groups in total. The van der Waals surface area contributed by atoms with Gasteiger partial charge in [-0.2, -0.15) is 0 Å². The highest BCUT2D eigenvalue weighted by Crippen LogP contribution is 2.32. The normalized spacial score (nSPS) is 21.0. The van der Waals surface area contributed by atoms with Crippen molar-refractivity contribution in [3.05, 3.63) is 64.7 Å². The summed E-state index contributed by atoms with van der Waals surface area (Å²) in [5, 5.41) is 0. The van der Waals surface area contributed by atoms with Crippen LogP contribution in [-0.2, 0) is 24.2 Å². The lowest BCUT2D eigenvalue weighted by Crippen LogP contribution is -2.28. The molecule has 1 atom stereocenters. The molecule has 2 aromatic carbocycles. The maximum atomic E-state index is 6.09. The zero-order valence-corrected chi connectivity index (χ0v) is 12.1. The van der Waals surface area contributed by atoms with E-state index in [0.29, 0.717) is 0 Å². The molecule has 3 heteroatoms. The van der Waals surface area contributed by atoms with Crippen LogP contribution in [0.3, 0.4) is 0 Å². The fourth-order valence-electron chi connectivity index (χ4n) is 3.51. The van der Waals surface area contributed by atoms with E-state index in [0.717, 1.165) is 38.3 Å². The molecule has 21 heavy (non-hydrogen) atoms. The highest BCUT2D eigenvalue weighted by molar-refractivity contribution is 5.52.